The first-order valence-electron chi connectivity index (χ1n) is 7.83. The molecule has 0 unspecified atom stereocenters. The Hall–Kier alpha value is -1.36. The van der Waals surface area contributed by atoms with Crippen molar-refractivity contribution in [1.29, 1.82) is 0 Å². The topological polar surface area (TPSA) is 59.1 Å². The highest BCUT2D eigenvalue weighted by Crippen LogP contribution is 2.22. The summed E-state index contributed by atoms with van der Waals surface area (Å²) in [6, 6.07) is 1.99. The van der Waals surface area contributed by atoms with Crippen molar-refractivity contribution < 1.29 is 4.74 Å². The highest BCUT2D eigenvalue weighted by Gasteiger charge is 2.19. The van der Waals surface area contributed by atoms with Gasteiger partial charge in [0.05, 0.1) is 0 Å². The predicted molar refractivity (Wildman–Crippen MR) is 89.1 cm³/mol. The molecule has 1 aromatic rings. The number of nitrogens with zero attached hydrogens (tertiary/aromatic N) is 2. The SMILES string of the molecule is CCCNc1cc(NCCCCOC)nc(C(C)(C)C)n1. The van der Waals surface area contributed by atoms with E-state index in [1.807, 2.05) is 6.07 Å². The molecule has 0 aliphatic heterocycles. The van der Waals surface area contributed by atoms with E-state index in [4.69, 9.17) is 4.74 Å². The van der Waals surface area contributed by atoms with Gasteiger partial charge in [-0.05, 0) is 19.3 Å². The number of anilines is 2. The van der Waals surface area contributed by atoms with Gasteiger partial charge in [0.1, 0.15) is 17.5 Å². The van der Waals surface area contributed by atoms with E-state index in [2.05, 4.69) is 48.3 Å². The third-order valence-electron chi connectivity index (χ3n) is 3.03. The highest BCUT2D eigenvalue weighted by atomic mass is 16.5. The Bertz CT molecular complexity index is 415. The van der Waals surface area contributed by atoms with E-state index in [1.54, 1.807) is 7.11 Å². The van der Waals surface area contributed by atoms with E-state index in [1.165, 1.54) is 0 Å². The number of hydrogen-bond donors (Lipinski definition) is 2. The van der Waals surface area contributed by atoms with Crippen molar-refractivity contribution in [2.45, 2.75) is 52.4 Å². The molecule has 2 N–H and O–H groups in total. The van der Waals surface area contributed by atoms with Crippen LogP contribution in [0, 0.1) is 0 Å². The van der Waals surface area contributed by atoms with Gasteiger partial charge < -0.3 is 15.4 Å². The molecular formula is C16H30N4O. The van der Waals surface area contributed by atoms with Gasteiger partial charge in [0.15, 0.2) is 0 Å². The van der Waals surface area contributed by atoms with E-state index < -0.39 is 0 Å². The molecule has 0 spiro atoms. The van der Waals surface area contributed by atoms with Gasteiger partial charge in [0.2, 0.25) is 0 Å². The number of hydrogen-bond acceptors (Lipinski definition) is 5. The molecule has 0 saturated heterocycles. The fourth-order valence-electron chi connectivity index (χ4n) is 1.80. The standard InChI is InChI=1S/C16H30N4O/c1-6-9-17-13-12-14(18-10-7-8-11-21-5)20-15(19-13)16(2,3)4/h12H,6-11H2,1-5H3,(H2,17,18,19,20). The van der Waals surface area contributed by atoms with Crippen LogP contribution in [0.2, 0.25) is 0 Å². The Kier molecular flexibility index (Phi) is 7.43. The molecule has 0 aliphatic carbocycles. The first-order chi connectivity index (χ1) is 9.97. The summed E-state index contributed by atoms with van der Waals surface area (Å²) in [6.07, 6.45) is 3.21. The molecule has 0 bridgehead atoms. The number of unbranched alkanes of at least 4 members (excludes halogenated alkanes) is 1. The van der Waals surface area contributed by atoms with Crippen molar-refractivity contribution in [3.05, 3.63) is 11.9 Å². The van der Waals surface area contributed by atoms with Crippen LogP contribution < -0.4 is 10.6 Å². The molecule has 1 aromatic heterocycles. The van der Waals surface area contributed by atoms with Gasteiger partial charge >= 0.3 is 0 Å². The summed E-state index contributed by atoms with van der Waals surface area (Å²) >= 11 is 0. The average molecular weight is 294 g/mol. The van der Waals surface area contributed by atoms with Crippen LogP contribution in [0.25, 0.3) is 0 Å². The Morgan fingerprint density at radius 2 is 1.67 bits per heavy atom. The first-order valence-corrected chi connectivity index (χ1v) is 7.83. The zero-order chi connectivity index (χ0) is 15.7. The molecule has 120 valence electrons. The van der Waals surface area contributed by atoms with Crippen LogP contribution in [0.15, 0.2) is 6.07 Å². The highest BCUT2D eigenvalue weighted by molar-refractivity contribution is 5.48. The van der Waals surface area contributed by atoms with Crippen LogP contribution >= 0.6 is 0 Å². The molecule has 0 radical (unpaired) electrons. The molecule has 0 aromatic carbocycles. The van der Waals surface area contributed by atoms with Crippen LogP contribution in [-0.4, -0.2) is 36.8 Å². The molecule has 21 heavy (non-hydrogen) atoms. The number of methoxy groups -OCH3 is 1. The Morgan fingerprint density at radius 1 is 1.05 bits per heavy atom. The maximum Gasteiger partial charge on any atom is 0.138 e. The fraction of sp³-hybridized carbons (Fsp3) is 0.750. The summed E-state index contributed by atoms with van der Waals surface area (Å²) < 4.78 is 5.06. The minimum Gasteiger partial charge on any atom is -0.385 e. The van der Waals surface area contributed by atoms with Crippen LogP contribution in [0.4, 0.5) is 11.6 Å². The summed E-state index contributed by atoms with van der Waals surface area (Å²) in [7, 11) is 1.74. The minimum absolute atomic E-state index is 0.0591. The molecule has 1 rings (SSSR count). The van der Waals surface area contributed by atoms with Gasteiger partial charge in [0, 0.05) is 38.3 Å². The van der Waals surface area contributed by atoms with Crippen molar-refractivity contribution in [3.63, 3.8) is 0 Å². The van der Waals surface area contributed by atoms with Gasteiger partial charge in [-0.25, -0.2) is 9.97 Å². The molecule has 0 amide bonds. The zero-order valence-electron chi connectivity index (χ0n) is 14.1. The van der Waals surface area contributed by atoms with E-state index in [9.17, 15) is 0 Å². The van der Waals surface area contributed by atoms with E-state index in [0.29, 0.717) is 0 Å². The fourth-order valence-corrected chi connectivity index (χ4v) is 1.80. The predicted octanol–water partition coefficient (Wildman–Crippen LogP) is 3.43. The summed E-state index contributed by atoms with van der Waals surface area (Å²) in [5.41, 5.74) is -0.0591. The van der Waals surface area contributed by atoms with Crippen molar-refractivity contribution in [2.24, 2.45) is 0 Å². The molecule has 0 saturated carbocycles. The van der Waals surface area contributed by atoms with Gasteiger partial charge in [-0.3, -0.25) is 0 Å². The monoisotopic (exact) mass is 294 g/mol. The molecular weight excluding hydrogens is 264 g/mol. The number of rotatable bonds is 9. The third-order valence-corrected chi connectivity index (χ3v) is 3.03. The summed E-state index contributed by atoms with van der Waals surface area (Å²) in [4.78, 5) is 9.25. The average Bonchev–Trinajstić information content (AvgIpc) is 2.44. The van der Waals surface area contributed by atoms with Gasteiger partial charge in [0.25, 0.3) is 0 Å². The molecule has 5 heteroatoms. The lowest BCUT2D eigenvalue weighted by atomic mass is 9.96. The second-order valence-electron chi connectivity index (χ2n) is 6.27. The van der Waals surface area contributed by atoms with Crippen molar-refractivity contribution in [1.82, 2.24) is 9.97 Å². The minimum atomic E-state index is -0.0591. The zero-order valence-corrected chi connectivity index (χ0v) is 14.1. The summed E-state index contributed by atoms with van der Waals surface area (Å²) in [5, 5.41) is 6.73. The molecule has 1 heterocycles. The largest absolute Gasteiger partial charge is 0.385 e. The Labute approximate surface area is 128 Å². The third kappa shape index (κ3) is 6.76. The molecule has 5 nitrogen and oxygen atoms in total. The van der Waals surface area contributed by atoms with Gasteiger partial charge in [-0.15, -0.1) is 0 Å². The Balaban J connectivity index is 2.72. The quantitative estimate of drug-likeness (QED) is 0.683. The van der Waals surface area contributed by atoms with Gasteiger partial charge in [-0.1, -0.05) is 27.7 Å². The smallest absolute Gasteiger partial charge is 0.138 e. The number of aromatic nitrogens is 2. The van der Waals surface area contributed by atoms with Crippen LogP contribution in [0.3, 0.4) is 0 Å². The maximum atomic E-state index is 5.06. The number of ether oxygens (including phenoxy) is 1. The van der Waals surface area contributed by atoms with E-state index >= 15 is 0 Å². The maximum absolute atomic E-state index is 5.06. The Morgan fingerprint density at radius 3 is 2.19 bits per heavy atom. The van der Waals surface area contributed by atoms with Gasteiger partial charge in [-0.2, -0.15) is 0 Å². The van der Waals surface area contributed by atoms with Crippen molar-refractivity contribution in [2.75, 3.05) is 37.4 Å². The number of nitrogens with one attached hydrogen (secondary N) is 2. The van der Waals surface area contributed by atoms with E-state index in [-0.39, 0.29) is 5.41 Å². The van der Waals surface area contributed by atoms with Crippen LogP contribution in [0.1, 0.15) is 52.8 Å². The first kappa shape index (κ1) is 17.7. The van der Waals surface area contributed by atoms with Crippen LogP contribution in [0.5, 0.6) is 0 Å². The summed E-state index contributed by atoms with van der Waals surface area (Å²) in [6.45, 7) is 11.2. The van der Waals surface area contributed by atoms with Crippen molar-refractivity contribution >= 4 is 11.6 Å². The lowest BCUT2D eigenvalue weighted by Gasteiger charge is -2.19. The van der Waals surface area contributed by atoms with E-state index in [0.717, 1.165) is 56.4 Å². The normalized spacial score (nSPS) is 11.5. The molecule has 0 fully saturated rings. The lowest BCUT2D eigenvalue weighted by molar-refractivity contribution is 0.194. The second-order valence-corrected chi connectivity index (χ2v) is 6.27. The second kappa shape index (κ2) is 8.82. The van der Waals surface area contributed by atoms with Crippen LogP contribution in [-0.2, 0) is 10.2 Å². The lowest BCUT2D eigenvalue weighted by Crippen LogP contribution is -2.19. The summed E-state index contributed by atoms with van der Waals surface area (Å²) in [5.74, 6) is 2.66. The molecule has 0 atom stereocenters. The molecule has 0 aliphatic rings. The van der Waals surface area contributed by atoms with Crippen molar-refractivity contribution in [3.8, 4) is 0 Å².